The first-order chi connectivity index (χ1) is 4.11. The van der Waals surface area contributed by atoms with E-state index >= 15 is 0 Å². The maximum atomic E-state index is 10.5. The third kappa shape index (κ3) is 1.83. The molecule has 9 heavy (non-hydrogen) atoms. The molecule has 0 bridgehead atoms. The second-order valence-corrected chi connectivity index (χ2v) is 4.12. The highest BCUT2D eigenvalue weighted by molar-refractivity contribution is 8.16. The molecule has 0 saturated heterocycles. The fourth-order valence-electron chi connectivity index (χ4n) is 0.519. The van der Waals surface area contributed by atoms with Gasteiger partial charge < -0.3 is 0 Å². The Morgan fingerprint density at radius 1 is 1.22 bits per heavy atom. The van der Waals surface area contributed by atoms with Gasteiger partial charge in [0.25, 0.3) is 0 Å². The lowest BCUT2D eigenvalue weighted by Crippen LogP contribution is -2.01. The second kappa shape index (κ2) is 2.46. The fraction of sp³-hybridized carbons (Fsp3) is 0. The Labute approximate surface area is 59.6 Å². The van der Waals surface area contributed by atoms with E-state index in [9.17, 15) is 8.42 Å². The van der Waals surface area contributed by atoms with E-state index in [0.29, 0.717) is 0 Å². The molecule has 0 aromatic carbocycles. The van der Waals surface area contributed by atoms with E-state index in [2.05, 4.69) is 0 Å². The van der Waals surface area contributed by atoms with Crippen LogP contribution in [-0.4, -0.2) is 8.42 Å². The molecule has 0 aliphatic heterocycles. The zero-order valence-electron chi connectivity index (χ0n) is 4.41. The molecule has 5 radical (unpaired) electrons. The summed E-state index contributed by atoms with van der Waals surface area (Å²) in [5.74, 6) is 0. The Bertz CT molecular complexity index is 179. The fourth-order valence-corrected chi connectivity index (χ4v) is 1.31. The molecule has 0 aromatic heterocycles. The zero-order chi connectivity index (χ0) is 6.91. The average molecular weight is 164 g/mol. The monoisotopic (exact) mass is 163 g/mol. The van der Waals surface area contributed by atoms with Crippen LogP contribution in [0.15, 0.2) is 0 Å². The van der Waals surface area contributed by atoms with Crippen LogP contribution in [0.1, 0.15) is 0 Å². The quantitative estimate of drug-likeness (QED) is 0.539. The summed E-state index contributed by atoms with van der Waals surface area (Å²) in [5, 5.41) is 0.157. The van der Waals surface area contributed by atoms with Crippen LogP contribution in [-0.2, 0) is 9.05 Å². The van der Waals surface area contributed by atoms with Gasteiger partial charge in [0.2, 0.25) is 9.05 Å². The summed E-state index contributed by atoms with van der Waals surface area (Å²) in [6.07, 6.45) is 6.13. The molecule has 4 heteroatoms. The minimum atomic E-state index is -3.49. The average Bonchev–Trinajstić information content (AvgIpc) is 2.08. The highest BCUT2D eigenvalue weighted by Crippen LogP contribution is 2.30. The first-order valence-corrected chi connectivity index (χ1v) is 4.58. The van der Waals surface area contributed by atoms with Crippen LogP contribution in [0.25, 0.3) is 0 Å². The van der Waals surface area contributed by atoms with Gasteiger partial charge in [-0.1, -0.05) is 0 Å². The smallest absolute Gasteiger partial charge is 0.212 e. The molecule has 1 fully saturated rings. The topological polar surface area (TPSA) is 34.1 Å². The van der Waals surface area contributed by atoms with Gasteiger partial charge >= 0.3 is 0 Å². The van der Waals surface area contributed by atoms with Gasteiger partial charge in [-0.15, -0.1) is 0 Å². The zero-order valence-corrected chi connectivity index (χ0v) is 5.98. The van der Waals surface area contributed by atoms with Crippen molar-refractivity contribution in [1.29, 1.82) is 0 Å². The number of halogens is 1. The van der Waals surface area contributed by atoms with Crippen LogP contribution in [0.4, 0.5) is 0 Å². The lowest BCUT2D eigenvalue weighted by atomic mass is 10.4. The molecule has 1 rings (SSSR count). The van der Waals surface area contributed by atoms with Crippen molar-refractivity contribution in [2.45, 2.75) is 0 Å². The van der Waals surface area contributed by atoms with Crippen LogP contribution < -0.4 is 0 Å². The first-order valence-electron chi connectivity index (χ1n) is 2.27. The van der Waals surface area contributed by atoms with Gasteiger partial charge in [-0.05, 0) is 25.7 Å². The molecular formula is C5H4ClO2S. The van der Waals surface area contributed by atoms with Crippen molar-refractivity contribution in [3.05, 3.63) is 30.9 Å². The second-order valence-electron chi connectivity index (χ2n) is 1.56. The molecule has 0 heterocycles. The first kappa shape index (κ1) is 7.35. The molecule has 2 nitrogen and oxygen atoms in total. The Kier molecular flexibility index (Phi) is 2.01. The summed E-state index contributed by atoms with van der Waals surface area (Å²) in [7, 11) is 1.48. The normalized spacial score (nSPS) is 22.8. The lowest BCUT2D eigenvalue weighted by molar-refractivity contribution is 0.612. The van der Waals surface area contributed by atoms with Gasteiger partial charge in [-0.2, -0.15) is 0 Å². The maximum Gasteiger partial charge on any atom is 0.240 e. The highest BCUT2D eigenvalue weighted by Gasteiger charge is 2.28. The van der Waals surface area contributed by atoms with Gasteiger partial charge in [-0.3, -0.25) is 0 Å². The predicted molar refractivity (Wildman–Crippen MR) is 35.2 cm³/mol. The molecule has 49 valence electrons. The lowest BCUT2D eigenvalue weighted by Gasteiger charge is -1.98. The van der Waals surface area contributed by atoms with Crippen molar-refractivity contribution in [3.63, 3.8) is 0 Å². The number of rotatable bonds is 1. The van der Waals surface area contributed by atoms with Crippen molar-refractivity contribution in [2.75, 3.05) is 0 Å². The van der Waals surface area contributed by atoms with E-state index in [1.807, 2.05) is 0 Å². The van der Waals surface area contributed by atoms with E-state index in [4.69, 9.17) is 10.7 Å². The van der Waals surface area contributed by atoms with E-state index < -0.39 is 9.05 Å². The molecule has 0 aromatic rings. The van der Waals surface area contributed by atoms with Crippen LogP contribution in [0.5, 0.6) is 0 Å². The third-order valence-electron chi connectivity index (χ3n) is 0.914. The van der Waals surface area contributed by atoms with Gasteiger partial charge in [0.1, 0.15) is 5.25 Å². The number of hydrogen-bond acceptors (Lipinski definition) is 2. The van der Waals surface area contributed by atoms with Crippen molar-refractivity contribution in [2.24, 2.45) is 0 Å². The Morgan fingerprint density at radius 2 is 1.67 bits per heavy atom. The van der Waals surface area contributed by atoms with Crippen molar-refractivity contribution < 1.29 is 8.42 Å². The minimum absolute atomic E-state index is 0.157. The molecule has 0 atom stereocenters. The van der Waals surface area contributed by atoms with E-state index in [0.717, 1.165) is 0 Å². The SMILES string of the molecule is O=S(=O)(Cl)[C]1[CH][CH][CH][CH]1. The van der Waals surface area contributed by atoms with Crippen molar-refractivity contribution in [3.8, 4) is 0 Å². The standard InChI is InChI=1S/C5H4ClO2S/c6-9(7,8)5-3-1-2-4-5/h1-4H. The van der Waals surface area contributed by atoms with Gasteiger partial charge in [0.15, 0.2) is 0 Å². The number of hydrogen-bond donors (Lipinski definition) is 0. The summed E-state index contributed by atoms with van der Waals surface area (Å²) < 4.78 is 20.9. The van der Waals surface area contributed by atoms with Crippen molar-refractivity contribution in [1.82, 2.24) is 0 Å². The maximum absolute atomic E-state index is 10.5. The van der Waals surface area contributed by atoms with Gasteiger partial charge in [0.05, 0.1) is 0 Å². The van der Waals surface area contributed by atoms with Crippen molar-refractivity contribution >= 4 is 19.7 Å². The summed E-state index contributed by atoms with van der Waals surface area (Å²) >= 11 is 0. The summed E-state index contributed by atoms with van der Waals surface area (Å²) in [4.78, 5) is 0. The van der Waals surface area contributed by atoms with Crippen LogP contribution in [0, 0.1) is 30.9 Å². The van der Waals surface area contributed by atoms with E-state index in [-0.39, 0.29) is 5.25 Å². The third-order valence-corrected chi connectivity index (χ3v) is 2.28. The van der Waals surface area contributed by atoms with E-state index in [1.54, 1.807) is 12.8 Å². The van der Waals surface area contributed by atoms with Gasteiger partial charge in [-0.25, -0.2) is 8.42 Å². The van der Waals surface area contributed by atoms with E-state index in [1.165, 1.54) is 12.8 Å². The Hall–Kier alpha value is 0.240. The summed E-state index contributed by atoms with van der Waals surface area (Å²) in [6.45, 7) is 0. The molecule has 0 amide bonds. The predicted octanol–water partition coefficient (Wildman–Crippen LogP) is 0.918. The molecule has 0 spiro atoms. The largest absolute Gasteiger partial charge is 0.240 e. The Morgan fingerprint density at radius 3 is 1.89 bits per heavy atom. The summed E-state index contributed by atoms with van der Waals surface area (Å²) in [6, 6.07) is 0. The van der Waals surface area contributed by atoms with Crippen LogP contribution >= 0.6 is 10.7 Å². The molecule has 0 unspecified atom stereocenters. The van der Waals surface area contributed by atoms with Crippen LogP contribution in [0.3, 0.4) is 0 Å². The van der Waals surface area contributed by atoms with Crippen LogP contribution in [0.2, 0.25) is 0 Å². The summed E-state index contributed by atoms with van der Waals surface area (Å²) in [5.41, 5.74) is 0. The Balaban J connectivity index is 2.63. The van der Waals surface area contributed by atoms with Gasteiger partial charge in [0, 0.05) is 10.7 Å². The molecule has 1 saturated carbocycles. The highest BCUT2D eigenvalue weighted by atomic mass is 35.7. The molecule has 0 N–H and O–H groups in total. The molecular weight excluding hydrogens is 160 g/mol. The molecule has 1 aliphatic rings. The molecule has 1 aliphatic carbocycles. The minimum Gasteiger partial charge on any atom is -0.212 e.